The average Bonchev–Trinajstić information content (AvgIpc) is 3.41. The zero-order valence-electron chi connectivity index (χ0n) is 20.2. The van der Waals surface area contributed by atoms with Crippen LogP contribution in [0, 0.1) is 11.8 Å². The van der Waals surface area contributed by atoms with Crippen LogP contribution in [0.4, 0.5) is 0 Å². The van der Waals surface area contributed by atoms with E-state index in [4.69, 9.17) is 27.9 Å². The Kier molecular flexibility index (Phi) is 8.81. The first-order valence-electron chi connectivity index (χ1n) is 12.4. The second kappa shape index (κ2) is 11.4. The van der Waals surface area contributed by atoms with Crippen molar-refractivity contribution in [1.82, 2.24) is 9.80 Å². The number of hydrogen-bond acceptors (Lipinski definition) is 4. The Hall–Kier alpha value is -0.620. The second-order valence-corrected chi connectivity index (χ2v) is 12.1. The van der Waals surface area contributed by atoms with Gasteiger partial charge in [-0.05, 0) is 105 Å². The molecule has 2 unspecified atom stereocenters. The average molecular weight is 510 g/mol. The van der Waals surface area contributed by atoms with Gasteiger partial charge in [0.15, 0.2) is 0 Å². The van der Waals surface area contributed by atoms with Crippen molar-refractivity contribution in [3.63, 3.8) is 0 Å². The van der Waals surface area contributed by atoms with Crippen LogP contribution in [0.2, 0.25) is 10.0 Å². The summed E-state index contributed by atoms with van der Waals surface area (Å²) in [4.78, 5) is 5.30. The van der Waals surface area contributed by atoms with Crippen LogP contribution in [0.15, 0.2) is 35.0 Å². The molecule has 0 spiro atoms. The van der Waals surface area contributed by atoms with E-state index in [0.717, 1.165) is 37.2 Å². The van der Waals surface area contributed by atoms with Gasteiger partial charge in [0.2, 0.25) is 0 Å². The first-order chi connectivity index (χ1) is 15.8. The largest absolute Gasteiger partial charge is 0.376 e. The fourth-order valence-corrected chi connectivity index (χ4v) is 7.07. The van der Waals surface area contributed by atoms with Crippen molar-refractivity contribution in [2.75, 3.05) is 39.3 Å². The van der Waals surface area contributed by atoms with E-state index in [2.05, 4.69) is 53.5 Å². The maximum Gasteiger partial charge on any atom is 0.0629 e. The zero-order chi connectivity index (χ0) is 23.4. The van der Waals surface area contributed by atoms with Crippen LogP contribution < -0.4 is 0 Å². The van der Waals surface area contributed by atoms with Gasteiger partial charge in [0.05, 0.1) is 5.60 Å². The van der Waals surface area contributed by atoms with E-state index in [0.29, 0.717) is 16.9 Å². The molecule has 2 atom stereocenters. The van der Waals surface area contributed by atoms with Gasteiger partial charge in [0, 0.05) is 48.7 Å². The minimum atomic E-state index is 0.000521. The van der Waals surface area contributed by atoms with Gasteiger partial charge in [-0.3, -0.25) is 4.90 Å². The molecule has 6 heteroatoms. The Bertz CT molecular complexity index is 880. The molecule has 2 saturated heterocycles. The third-order valence-corrected chi connectivity index (χ3v) is 8.70. The van der Waals surface area contributed by atoms with Crippen LogP contribution in [-0.4, -0.2) is 54.7 Å². The summed E-state index contributed by atoms with van der Waals surface area (Å²) in [6.45, 7) is 14.1. The number of piperidine rings is 1. The van der Waals surface area contributed by atoms with Crippen molar-refractivity contribution in [1.29, 1.82) is 0 Å². The lowest BCUT2D eigenvalue weighted by atomic mass is 9.85. The number of ether oxygens (including phenoxy) is 1. The van der Waals surface area contributed by atoms with Gasteiger partial charge >= 0.3 is 0 Å². The maximum atomic E-state index is 6.49. The first kappa shape index (κ1) is 25.5. The van der Waals surface area contributed by atoms with Crippen molar-refractivity contribution in [3.8, 4) is 0 Å². The first-order valence-corrected chi connectivity index (χ1v) is 14.1. The molecule has 2 fully saturated rings. The quantitative estimate of drug-likeness (QED) is 0.356. The predicted octanol–water partition coefficient (Wildman–Crippen LogP) is 7.19. The molecule has 0 saturated carbocycles. The molecule has 2 aliphatic heterocycles. The van der Waals surface area contributed by atoms with Gasteiger partial charge in [-0.2, -0.15) is 11.3 Å². The normalized spacial score (nSPS) is 23.4. The Balaban J connectivity index is 1.35. The van der Waals surface area contributed by atoms with Crippen LogP contribution in [0.5, 0.6) is 0 Å². The number of nitrogens with zero attached hydrogens (tertiary/aromatic N) is 2. The summed E-state index contributed by atoms with van der Waals surface area (Å²) >= 11 is 14.4. The molecule has 1 aromatic heterocycles. The maximum absolute atomic E-state index is 6.49. The molecule has 3 heterocycles. The Morgan fingerprint density at radius 3 is 2.55 bits per heavy atom. The summed E-state index contributed by atoms with van der Waals surface area (Å²) in [5.41, 5.74) is 2.67. The molecule has 0 bridgehead atoms. The van der Waals surface area contributed by atoms with Gasteiger partial charge in [0.25, 0.3) is 0 Å². The molecule has 182 valence electrons. The molecule has 0 amide bonds. The summed E-state index contributed by atoms with van der Waals surface area (Å²) in [6, 6.07) is 8.21. The zero-order valence-corrected chi connectivity index (χ0v) is 22.6. The number of benzene rings is 1. The van der Waals surface area contributed by atoms with Crippen molar-refractivity contribution in [2.45, 2.75) is 58.1 Å². The number of rotatable bonds is 9. The molecule has 2 aliphatic rings. The molecule has 1 aromatic carbocycles. The van der Waals surface area contributed by atoms with E-state index in [1.165, 1.54) is 50.0 Å². The van der Waals surface area contributed by atoms with Crippen molar-refractivity contribution in [2.24, 2.45) is 11.8 Å². The molecule has 33 heavy (non-hydrogen) atoms. The van der Waals surface area contributed by atoms with Crippen LogP contribution in [0.25, 0.3) is 0 Å². The van der Waals surface area contributed by atoms with Gasteiger partial charge in [-0.25, -0.2) is 0 Å². The fraction of sp³-hybridized carbons (Fsp3) is 0.630. The summed E-state index contributed by atoms with van der Waals surface area (Å²) < 4.78 is 5.96. The molecule has 0 aliphatic carbocycles. The fourth-order valence-electron chi connectivity index (χ4n) is 5.88. The third kappa shape index (κ3) is 6.96. The molecule has 0 radical (unpaired) electrons. The van der Waals surface area contributed by atoms with Crippen molar-refractivity contribution >= 4 is 34.5 Å². The van der Waals surface area contributed by atoms with Crippen LogP contribution in [-0.2, 0) is 11.3 Å². The minimum Gasteiger partial charge on any atom is -0.376 e. The summed E-state index contributed by atoms with van der Waals surface area (Å²) in [5.74, 6) is 2.03. The van der Waals surface area contributed by atoms with E-state index < -0.39 is 0 Å². The SMILES string of the molecule is CCOC(C)(C)CC1CCN(CC2CN(Cc3ccc(Cl)cc3Cl)CC2c2ccsc2)CC1. The van der Waals surface area contributed by atoms with Crippen molar-refractivity contribution < 1.29 is 4.74 Å². The van der Waals surface area contributed by atoms with E-state index in [9.17, 15) is 0 Å². The summed E-state index contributed by atoms with van der Waals surface area (Å²) in [6.07, 6.45) is 3.75. The van der Waals surface area contributed by atoms with Crippen LogP contribution in [0.3, 0.4) is 0 Å². The molecular formula is C27H38Cl2N2OS. The third-order valence-electron chi connectivity index (χ3n) is 7.41. The monoisotopic (exact) mass is 508 g/mol. The summed E-state index contributed by atoms with van der Waals surface area (Å²) in [7, 11) is 0. The smallest absolute Gasteiger partial charge is 0.0629 e. The molecule has 2 aromatic rings. The van der Waals surface area contributed by atoms with Gasteiger partial charge in [-0.15, -0.1) is 0 Å². The summed E-state index contributed by atoms with van der Waals surface area (Å²) in [5, 5.41) is 6.04. The Morgan fingerprint density at radius 2 is 1.88 bits per heavy atom. The highest BCUT2D eigenvalue weighted by atomic mass is 35.5. The van der Waals surface area contributed by atoms with E-state index >= 15 is 0 Å². The van der Waals surface area contributed by atoms with Gasteiger partial charge in [-0.1, -0.05) is 29.3 Å². The highest BCUT2D eigenvalue weighted by Gasteiger charge is 2.36. The lowest BCUT2D eigenvalue weighted by Gasteiger charge is -2.37. The second-order valence-electron chi connectivity index (χ2n) is 10.5. The Morgan fingerprint density at radius 1 is 1.09 bits per heavy atom. The highest BCUT2D eigenvalue weighted by Crippen LogP contribution is 2.37. The number of likely N-dealkylation sites (tertiary alicyclic amines) is 2. The van der Waals surface area contributed by atoms with Crippen LogP contribution in [0.1, 0.15) is 57.1 Å². The molecular weight excluding hydrogens is 471 g/mol. The standard InChI is InChI=1S/C27H38Cl2N2OS/c1-4-32-27(2,3)14-20-7-10-30(11-8-20)16-23-17-31(18-25(23)22-9-12-33-19-22)15-21-5-6-24(28)13-26(21)29/h5-6,9,12-13,19-20,23,25H,4,7-8,10-11,14-18H2,1-3H3. The van der Waals surface area contributed by atoms with Gasteiger partial charge < -0.3 is 9.64 Å². The van der Waals surface area contributed by atoms with Gasteiger partial charge in [0.1, 0.15) is 0 Å². The topological polar surface area (TPSA) is 15.7 Å². The molecule has 4 rings (SSSR count). The lowest BCUT2D eigenvalue weighted by Crippen LogP contribution is -2.40. The van der Waals surface area contributed by atoms with Crippen LogP contribution >= 0.6 is 34.5 Å². The Labute approximate surface area is 214 Å². The minimum absolute atomic E-state index is 0.000521. The lowest BCUT2D eigenvalue weighted by molar-refractivity contribution is -0.0338. The highest BCUT2D eigenvalue weighted by molar-refractivity contribution is 7.08. The number of halogens is 2. The number of hydrogen-bond donors (Lipinski definition) is 0. The van der Waals surface area contributed by atoms with Crippen molar-refractivity contribution in [3.05, 3.63) is 56.2 Å². The van der Waals surface area contributed by atoms with E-state index in [1.807, 2.05) is 23.5 Å². The molecule has 0 N–H and O–H groups in total. The predicted molar refractivity (Wildman–Crippen MR) is 142 cm³/mol. The molecule has 3 nitrogen and oxygen atoms in total. The number of thiophene rings is 1. The van der Waals surface area contributed by atoms with E-state index in [-0.39, 0.29) is 5.60 Å². The van der Waals surface area contributed by atoms with E-state index in [1.54, 1.807) is 0 Å².